The van der Waals surface area contributed by atoms with Gasteiger partial charge >= 0.3 is 0 Å². The molecule has 1 saturated carbocycles. The SMILES string of the molecule is CC1=CC(=O)C(CCC(=O)c2cc(Cl)cc(S(=O)(=O)C3CCCCC3)c2C)C(C)=C1. The zero-order valence-corrected chi connectivity index (χ0v) is 19.4. The Balaban J connectivity index is 1.83. The van der Waals surface area contributed by atoms with Crippen molar-refractivity contribution < 1.29 is 18.0 Å². The lowest BCUT2D eigenvalue weighted by atomic mass is 9.84. The van der Waals surface area contributed by atoms with Gasteiger partial charge in [0.25, 0.3) is 0 Å². The number of hydrogen-bond acceptors (Lipinski definition) is 4. The molecule has 2 aliphatic rings. The van der Waals surface area contributed by atoms with Gasteiger partial charge in [-0.25, -0.2) is 8.42 Å². The summed E-state index contributed by atoms with van der Waals surface area (Å²) in [5.41, 5.74) is 2.68. The van der Waals surface area contributed by atoms with Gasteiger partial charge < -0.3 is 0 Å². The first-order valence-electron chi connectivity index (χ1n) is 10.6. The molecule has 1 aromatic carbocycles. The van der Waals surface area contributed by atoms with Crippen LogP contribution < -0.4 is 0 Å². The Labute approximate surface area is 184 Å². The van der Waals surface area contributed by atoms with Gasteiger partial charge in [0.2, 0.25) is 0 Å². The number of carbonyl (C=O) groups is 2. The molecule has 0 N–H and O–H groups in total. The molecule has 6 heteroatoms. The highest BCUT2D eigenvalue weighted by molar-refractivity contribution is 7.92. The van der Waals surface area contributed by atoms with Crippen molar-refractivity contribution in [3.8, 4) is 0 Å². The van der Waals surface area contributed by atoms with Gasteiger partial charge in [0.05, 0.1) is 10.1 Å². The molecule has 4 nitrogen and oxygen atoms in total. The molecule has 0 amide bonds. The van der Waals surface area contributed by atoms with E-state index in [1.165, 1.54) is 6.07 Å². The summed E-state index contributed by atoms with van der Waals surface area (Å²) in [5, 5.41) is -0.157. The lowest BCUT2D eigenvalue weighted by Crippen LogP contribution is -2.25. The van der Waals surface area contributed by atoms with E-state index in [-0.39, 0.29) is 33.8 Å². The maximum absolute atomic E-state index is 13.2. The Hall–Kier alpha value is -1.72. The van der Waals surface area contributed by atoms with Crippen LogP contribution in [0.4, 0.5) is 0 Å². The average molecular weight is 449 g/mol. The number of ketones is 2. The fourth-order valence-electron chi connectivity index (χ4n) is 4.62. The Bertz CT molecular complexity index is 1030. The van der Waals surface area contributed by atoms with Crippen molar-refractivity contribution >= 4 is 33.0 Å². The summed E-state index contributed by atoms with van der Waals surface area (Å²) in [6.45, 7) is 5.47. The van der Waals surface area contributed by atoms with Gasteiger partial charge in [-0.05, 0) is 69.4 Å². The van der Waals surface area contributed by atoms with Crippen LogP contribution >= 0.6 is 11.6 Å². The summed E-state index contributed by atoms with van der Waals surface area (Å²) in [6.07, 6.45) is 8.33. The van der Waals surface area contributed by atoms with Crippen molar-refractivity contribution in [2.75, 3.05) is 0 Å². The highest BCUT2D eigenvalue weighted by Crippen LogP contribution is 2.34. The Morgan fingerprint density at radius 3 is 2.37 bits per heavy atom. The molecule has 0 aliphatic heterocycles. The van der Waals surface area contributed by atoms with Crippen molar-refractivity contribution in [3.05, 3.63) is 51.6 Å². The van der Waals surface area contributed by atoms with Crippen LogP contribution in [0.2, 0.25) is 5.02 Å². The molecule has 30 heavy (non-hydrogen) atoms. The smallest absolute Gasteiger partial charge is 0.181 e. The van der Waals surface area contributed by atoms with Crippen LogP contribution in [0.1, 0.15) is 74.7 Å². The second kappa shape index (κ2) is 9.19. The van der Waals surface area contributed by atoms with E-state index >= 15 is 0 Å². The molecular formula is C24H29ClO4S. The first kappa shape index (κ1) is 23.0. The number of sulfone groups is 1. The largest absolute Gasteiger partial charge is 0.294 e. The highest BCUT2D eigenvalue weighted by Gasteiger charge is 2.32. The summed E-state index contributed by atoms with van der Waals surface area (Å²) < 4.78 is 26.5. The van der Waals surface area contributed by atoms with Crippen molar-refractivity contribution in [2.24, 2.45) is 5.92 Å². The van der Waals surface area contributed by atoms with E-state index in [4.69, 9.17) is 11.6 Å². The summed E-state index contributed by atoms with van der Waals surface area (Å²) in [5.74, 6) is -0.465. The number of rotatable bonds is 6. The molecule has 162 valence electrons. The van der Waals surface area contributed by atoms with Crippen LogP contribution in [0.3, 0.4) is 0 Å². The monoisotopic (exact) mass is 448 g/mol. The third-order valence-electron chi connectivity index (χ3n) is 6.30. The number of allylic oxidation sites excluding steroid dienone is 4. The van der Waals surface area contributed by atoms with Crippen molar-refractivity contribution in [1.82, 2.24) is 0 Å². The fraction of sp³-hybridized carbons (Fsp3) is 0.500. The summed E-state index contributed by atoms with van der Waals surface area (Å²) in [6, 6.07) is 3.03. The van der Waals surface area contributed by atoms with Gasteiger partial charge in [0.15, 0.2) is 21.4 Å². The minimum Gasteiger partial charge on any atom is -0.294 e. The maximum Gasteiger partial charge on any atom is 0.181 e. The third kappa shape index (κ3) is 4.78. The predicted molar refractivity (Wildman–Crippen MR) is 120 cm³/mol. The van der Waals surface area contributed by atoms with Crippen LogP contribution in [0.5, 0.6) is 0 Å². The van der Waals surface area contributed by atoms with E-state index in [0.717, 1.165) is 30.4 Å². The van der Waals surface area contributed by atoms with E-state index in [1.54, 1.807) is 19.1 Å². The molecule has 1 fully saturated rings. The zero-order valence-electron chi connectivity index (χ0n) is 17.8. The van der Waals surface area contributed by atoms with Gasteiger partial charge in [-0.2, -0.15) is 0 Å². The summed E-state index contributed by atoms with van der Waals surface area (Å²) in [7, 11) is -3.54. The lowest BCUT2D eigenvalue weighted by Gasteiger charge is -2.23. The maximum atomic E-state index is 13.2. The van der Waals surface area contributed by atoms with E-state index < -0.39 is 15.1 Å². The zero-order chi connectivity index (χ0) is 22.1. The quantitative estimate of drug-likeness (QED) is 0.515. The number of benzene rings is 1. The molecule has 1 atom stereocenters. The molecule has 0 saturated heterocycles. The normalized spacial score (nSPS) is 20.7. The lowest BCUT2D eigenvalue weighted by molar-refractivity contribution is -0.117. The Morgan fingerprint density at radius 1 is 1.07 bits per heavy atom. The molecule has 0 spiro atoms. The molecular weight excluding hydrogens is 420 g/mol. The Morgan fingerprint density at radius 2 is 1.73 bits per heavy atom. The van der Waals surface area contributed by atoms with Gasteiger partial charge in [0, 0.05) is 22.9 Å². The fourth-order valence-corrected chi connectivity index (χ4v) is 7.05. The molecule has 0 heterocycles. The highest BCUT2D eigenvalue weighted by atomic mass is 35.5. The first-order valence-corrected chi connectivity index (χ1v) is 12.5. The van der Waals surface area contributed by atoms with Gasteiger partial charge in [-0.3, -0.25) is 9.59 Å². The number of carbonyl (C=O) groups excluding carboxylic acids is 2. The van der Waals surface area contributed by atoms with Crippen molar-refractivity contribution in [3.63, 3.8) is 0 Å². The van der Waals surface area contributed by atoms with Crippen LogP contribution in [-0.4, -0.2) is 25.2 Å². The predicted octanol–water partition coefficient (Wildman–Crippen LogP) is 5.81. The van der Waals surface area contributed by atoms with Crippen LogP contribution in [0, 0.1) is 12.8 Å². The van der Waals surface area contributed by atoms with Crippen molar-refractivity contribution in [1.29, 1.82) is 0 Å². The van der Waals surface area contributed by atoms with E-state index in [9.17, 15) is 18.0 Å². The van der Waals surface area contributed by atoms with E-state index in [1.807, 2.05) is 19.9 Å². The second-order valence-electron chi connectivity index (χ2n) is 8.58. The third-order valence-corrected chi connectivity index (χ3v) is 8.91. The first-order chi connectivity index (χ1) is 14.1. The van der Waals surface area contributed by atoms with Crippen LogP contribution in [0.15, 0.2) is 40.3 Å². The van der Waals surface area contributed by atoms with E-state index in [2.05, 4.69) is 0 Å². The minimum atomic E-state index is -3.54. The summed E-state index contributed by atoms with van der Waals surface area (Å²) >= 11 is 6.23. The number of hydrogen-bond donors (Lipinski definition) is 0. The van der Waals surface area contributed by atoms with Crippen LogP contribution in [0.25, 0.3) is 0 Å². The van der Waals surface area contributed by atoms with Gasteiger partial charge in [0.1, 0.15) is 0 Å². The molecule has 0 aromatic heterocycles. The topological polar surface area (TPSA) is 68.3 Å². The Kier molecular flexibility index (Phi) is 7.03. The molecule has 0 bridgehead atoms. The van der Waals surface area contributed by atoms with Crippen LogP contribution in [-0.2, 0) is 14.6 Å². The van der Waals surface area contributed by atoms with E-state index in [0.29, 0.717) is 30.4 Å². The minimum absolute atomic E-state index is 0.0173. The average Bonchev–Trinajstić information content (AvgIpc) is 2.69. The molecule has 3 rings (SSSR count). The molecule has 1 aromatic rings. The molecule has 0 radical (unpaired) electrons. The summed E-state index contributed by atoms with van der Waals surface area (Å²) in [4.78, 5) is 25.5. The second-order valence-corrected chi connectivity index (χ2v) is 11.2. The number of halogens is 1. The molecule has 2 aliphatic carbocycles. The number of Topliss-reactive ketones (excluding diaryl/α,β-unsaturated/α-hetero) is 1. The van der Waals surface area contributed by atoms with Gasteiger partial charge in [-0.15, -0.1) is 0 Å². The standard InChI is InChI=1S/C24H29ClO4S/c1-15-11-16(2)20(23(27)12-15)9-10-22(26)21-13-18(25)14-24(17(21)3)30(28,29)19-7-5-4-6-8-19/h11-14,19-20H,4-10H2,1-3H3. The molecule has 1 unspecified atom stereocenters. The van der Waals surface area contributed by atoms with Gasteiger partial charge in [-0.1, -0.05) is 42.5 Å². The van der Waals surface area contributed by atoms with Crippen molar-refractivity contribution in [2.45, 2.75) is 75.9 Å².